The average Bonchev–Trinajstić information content (AvgIpc) is 2.66. The van der Waals surface area contributed by atoms with Gasteiger partial charge in [0.15, 0.2) is 0 Å². The molecule has 0 saturated heterocycles. The second-order valence-electron chi connectivity index (χ2n) is 9.50. The first kappa shape index (κ1) is 664. The zero-order valence-corrected chi connectivity index (χ0v) is 430. The summed E-state index contributed by atoms with van der Waals surface area (Å²) in [5.74, 6) is 0. The Morgan fingerprint density at radius 2 is 0.145 bits per heavy atom. The van der Waals surface area contributed by atoms with Crippen molar-refractivity contribution in [2.75, 3.05) is 57.6 Å². The predicted octanol–water partition coefficient (Wildman–Crippen LogP) is -299. The molecular formula is C17H34K98N3O15P5+88. The van der Waals surface area contributed by atoms with Crippen LogP contribution in [0.4, 0.5) is 0 Å². The number of rotatable bonds is 24. The minimum Gasteiger partial charge on any atom is -0.810 e. The molecule has 0 fully saturated rings. The molecule has 0 aliphatic carbocycles. The van der Waals surface area contributed by atoms with Gasteiger partial charge in [-0.3, -0.25) is 14.7 Å². The molecule has 0 amide bonds. The van der Waals surface area contributed by atoms with Crippen molar-refractivity contribution in [1.29, 1.82) is 0 Å². The Morgan fingerprint density at radius 1 is 0.0942 bits per heavy atom. The molecule has 0 aliphatic rings. The van der Waals surface area contributed by atoms with Gasteiger partial charge in [-0.15, -0.1) is 0 Å². The van der Waals surface area contributed by atoms with E-state index >= 15 is 0 Å². The van der Waals surface area contributed by atoms with E-state index in [2.05, 4.69) is 0 Å². The van der Waals surface area contributed by atoms with E-state index in [9.17, 15) is 71.8 Å². The van der Waals surface area contributed by atoms with Gasteiger partial charge in [-0.25, -0.2) is 0 Å². The third-order valence-electron chi connectivity index (χ3n) is 5.26. The van der Waals surface area contributed by atoms with Crippen LogP contribution in [0.1, 0.15) is 51.4 Å². The van der Waals surface area contributed by atoms with Gasteiger partial charge < -0.3 is 71.8 Å². The molecule has 0 atom stereocenters. The molecule has 0 aromatic heterocycles. The van der Waals surface area contributed by atoms with Crippen LogP contribution in [0.25, 0.3) is 0 Å². The van der Waals surface area contributed by atoms with Gasteiger partial charge in [0.05, 0.1) is 0 Å². The molecule has 138 heavy (non-hydrogen) atoms. The van der Waals surface area contributed by atoms with Crippen molar-refractivity contribution in [2.45, 2.75) is 51.4 Å². The van der Waals surface area contributed by atoms with E-state index in [4.69, 9.17) is 0 Å². The molecule has 0 saturated carbocycles. The molecule has 18 nitrogen and oxygen atoms in total. The summed E-state index contributed by atoms with van der Waals surface area (Å²) in [6.45, 7) is 0.151. The summed E-state index contributed by atoms with van der Waals surface area (Å²) in [4.78, 5) is 113. The van der Waals surface area contributed by atoms with Crippen LogP contribution in [0.2, 0.25) is 0 Å². The SMILES string of the molecule is O=P([O-])([O-])CN(CCCCCCN(CP(=O)([O-])[O-])CP(=O)([O-])[O-])CCCCCCN(CP(=O)([O-])[O-])CP(=O)([O-])[O-].[K+].[K+].[K+].[K+].[K+].[K+].[K+].[K+].[K+].[K+].[K+].[K+].[K+].[K+].[K+].[K+].[K+].[K+].[K+].[K+].[K+].[K+].[K+].[K+].[K+].[K+].[K+].[K+].[K+].[K+].[K+].[K+].[K+].[K+].[K+].[K+].[K+].[K+].[K+].[K+].[K+].[K+].[K+].[K+].[K+].[K+].[K+].[K+].[K+].[K+].[K+].[K+].[K+].[K+].[K+].[K+].[K+].[K+].[K+].[K+].[K+].[K+].[K+].[K+].[K+].[K+].[K+].[K+].[K+].[K+].[K+].[K+].[K+].[K+].[K+].[K+].[K+].[K+].[K+].[K+].[K+].[K+].[K+].[K+].[K+].[K+].[K+].[K+].[K+].[K+].[K+].[K+].[K+].[K+].[K+].[K+].[K+].[K+]. The number of hydrogen-bond acceptors (Lipinski definition) is 18. The maximum Gasteiger partial charge on any atom is 1.00 e. The fourth-order valence-electron chi connectivity index (χ4n) is 3.90. The average molecular weight is 4510 g/mol. The van der Waals surface area contributed by atoms with E-state index in [1.54, 1.807) is 0 Å². The molecule has 0 bridgehead atoms. The monoisotopic (exact) mass is 4490 g/mol. The predicted molar refractivity (Wildman–Crippen MR) is 124 cm³/mol. The summed E-state index contributed by atoms with van der Waals surface area (Å²) >= 11 is 0. The maximum atomic E-state index is 11.2. The Bertz CT molecular complexity index is 966. The van der Waals surface area contributed by atoms with Gasteiger partial charge in [0.1, 0.15) is 0 Å². The summed E-state index contributed by atoms with van der Waals surface area (Å²) in [6, 6.07) is 0. The Hall–Kier alpha value is 161. The van der Waals surface area contributed by atoms with Gasteiger partial charge in [0.2, 0.25) is 0 Å². The molecule has 0 spiro atoms. The second kappa shape index (κ2) is 558. The van der Waals surface area contributed by atoms with E-state index in [-0.39, 0.29) is 5070 Å². The van der Waals surface area contributed by atoms with Gasteiger partial charge >= 0.3 is 5040 Å². The van der Waals surface area contributed by atoms with E-state index in [0.717, 1.165) is 9.80 Å². The minimum absolute atomic E-state index is 0. The van der Waals surface area contributed by atoms with Gasteiger partial charge in [0, 0.05) is 31.4 Å². The van der Waals surface area contributed by atoms with Crippen LogP contribution in [-0.2, 0) is 22.8 Å². The molecule has 0 heterocycles. The topological polar surface area (TPSA) is 326 Å². The number of nitrogens with zero attached hydrogens (tertiary/aromatic N) is 3. The van der Waals surface area contributed by atoms with Gasteiger partial charge in [0.25, 0.3) is 0 Å². The zero-order valence-electron chi connectivity index (χ0n) is 120. The van der Waals surface area contributed by atoms with E-state index in [1.165, 1.54) is 4.90 Å². The largest absolute Gasteiger partial charge is 1.00 e. The summed E-state index contributed by atoms with van der Waals surface area (Å²) in [5.41, 5.74) is 0. The van der Waals surface area contributed by atoms with Crippen molar-refractivity contribution in [3.63, 3.8) is 0 Å². The molecule has 0 aromatic carbocycles. The first-order valence-electron chi connectivity index (χ1n) is 12.2. The normalized spacial score (nSPS) is 4.09. The van der Waals surface area contributed by atoms with Crippen molar-refractivity contribution >= 4 is 38.0 Å². The Kier molecular flexibility index (Phi) is 2690. The third kappa shape index (κ3) is 625. The molecule has 0 aromatic rings. The van der Waals surface area contributed by atoms with Crippen LogP contribution in [0.15, 0.2) is 0 Å². The Morgan fingerprint density at radius 3 is 0.203 bits per heavy atom. The maximum absolute atomic E-state index is 11.2. The third-order valence-corrected chi connectivity index (χ3v) is 9.00. The van der Waals surface area contributed by atoms with E-state index < -0.39 is 69.4 Å². The molecule has 0 N–H and O–H groups in total. The standard InChI is InChI=1S/C17H44N3O15P5.98K/c21-36(22,23)13-18(9-5-1-3-7-11-19(14-37(24,25)26)15-38(27,28)29)10-6-2-4-8-12-20(16-39(30,31)32)17-40(33,34)35;;;;;;;;;;;;;;;;;;;;;;;;;;;;;;;;;;;;;;;;;;;;;;;;;;;;;;;;;;;;;;;;;;;;;;;;;;;;;;;;;;;;;;;;;;;;;;;;;;/h1-17H2,(H2,21,22,23)(H2,24,25,26)(H2,27,28,29)(H2,30,31,32)(H2,33,34,35);;;;;;;;;;;;;;;;;;;;;;;;;;;;;;;;;;;;;;;;;;;;;;;;;;;;;;;;;;;;;;;;;;;;;;;;;;;;;;;;;;;;;;;;;;;;;;;;;;/q;98*+1/p-10. The summed E-state index contributed by atoms with van der Waals surface area (Å²) in [6.07, 6.45) is -1.99. The van der Waals surface area contributed by atoms with Crippen LogP contribution in [-0.4, -0.2) is 72.3 Å². The summed E-state index contributed by atoms with van der Waals surface area (Å²) in [7, 11) is -25.2. The first-order chi connectivity index (χ1) is 17.9. The van der Waals surface area contributed by atoms with Crippen LogP contribution in [0.5, 0.6) is 0 Å². The van der Waals surface area contributed by atoms with Gasteiger partial charge in [-0.1, -0.05) is 63.7 Å². The van der Waals surface area contributed by atoms with Crippen molar-refractivity contribution in [2.24, 2.45) is 0 Å². The molecule has 0 unspecified atom stereocenters. The molecule has 0 aliphatic heterocycles. The van der Waals surface area contributed by atoms with Gasteiger partial charge in [-0.05, 0) is 51.9 Å². The first-order valence-corrected chi connectivity index (χ1v) is 20.8. The fraction of sp³-hybridized carbons (Fsp3) is 1.00. The molecule has 242 valence electrons. The number of unbranched alkanes of at least 4 members (excludes halogenated alkanes) is 6. The minimum atomic E-state index is -5.08. The van der Waals surface area contributed by atoms with Crippen LogP contribution in [0.3, 0.4) is 0 Å². The molecular weight excluding hydrogens is 4470 g/mol. The molecule has 0 radical (unpaired) electrons. The van der Waals surface area contributed by atoms with Crippen molar-refractivity contribution in [3.05, 3.63) is 0 Å². The van der Waals surface area contributed by atoms with Crippen LogP contribution >= 0.6 is 38.0 Å². The Labute approximate surface area is 5030 Å². The van der Waals surface area contributed by atoms with E-state index in [0.29, 0.717) is 38.5 Å². The van der Waals surface area contributed by atoms with Crippen LogP contribution in [0, 0.1) is 0 Å². The van der Waals surface area contributed by atoms with E-state index in [1.807, 2.05) is 0 Å². The second-order valence-corrected chi connectivity index (χ2v) is 17.0. The molecule has 0 rings (SSSR count). The Balaban J connectivity index is -0.00000000160. The molecule has 121 heteroatoms. The summed E-state index contributed by atoms with van der Waals surface area (Å²) < 4.78 is 54.9. The smallest absolute Gasteiger partial charge is 0.810 e. The summed E-state index contributed by atoms with van der Waals surface area (Å²) in [5, 5.41) is 0. The van der Waals surface area contributed by atoms with Crippen molar-refractivity contribution in [1.82, 2.24) is 14.7 Å². The van der Waals surface area contributed by atoms with Gasteiger partial charge in [-0.2, -0.15) is 0 Å². The quantitative estimate of drug-likeness (QED) is 0.0492. The van der Waals surface area contributed by atoms with Crippen LogP contribution < -0.4 is 5080 Å². The van der Waals surface area contributed by atoms with Crippen molar-refractivity contribution in [3.8, 4) is 0 Å². The number of hydrogen-bond donors (Lipinski definition) is 0. The zero-order chi connectivity index (χ0) is 31.3. The fourth-order valence-corrected chi connectivity index (χ4v) is 7.91. The van der Waals surface area contributed by atoms with Crippen molar-refractivity contribution < 1.29 is 5110 Å².